The van der Waals surface area contributed by atoms with Gasteiger partial charge in [-0.25, -0.2) is 55.8 Å². The molecule has 131 heavy (non-hydrogen) atoms. The number of benzene rings is 6. The molecule has 0 saturated heterocycles. The number of aryl methyl sites for hydroxylation is 6. The highest BCUT2D eigenvalue weighted by Gasteiger charge is 2.28. The molecule has 0 saturated carbocycles. The van der Waals surface area contributed by atoms with Gasteiger partial charge in [0.2, 0.25) is 41.6 Å². The number of nitriles is 1. The van der Waals surface area contributed by atoms with Crippen LogP contribution >= 0.6 is 15.9 Å². The van der Waals surface area contributed by atoms with Crippen LogP contribution in [0.3, 0.4) is 0 Å². The molecule has 33 nitrogen and oxygen atoms in total. The summed E-state index contributed by atoms with van der Waals surface area (Å²) in [7, 11) is 11.6. The molecule has 646 valence electrons. The van der Waals surface area contributed by atoms with Gasteiger partial charge in [0.1, 0.15) is 23.2 Å². The zero-order chi connectivity index (χ0) is 90.4. The number of pyridine rings is 6. The highest BCUT2D eigenvalue weighted by Crippen LogP contribution is 2.29. The van der Waals surface area contributed by atoms with Crippen molar-refractivity contribution in [1.29, 1.82) is 5.26 Å². The molecule has 0 spiro atoms. The fourth-order valence-electron chi connectivity index (χ4n) is 14.5. The van der Waals surface area contributed by atoms with Crippen LogP contribution in [0.4, 0.5) is 23.8 Å². The summed E-state index contributed by atoms with van der Waals surface area (Å²) in [6.45, 7) is 3.85. The van der Waals surface area contributed by atoms with Crippen LogP contribution in [0.5, 0.6) is 0 Å². The Morgan fingerprint density at radius 3 is 1.40 bits per heavy atom. The van der Waals surface area contributed by atoms with Gasteiger partial charge in [-0.1, -0.05) is 109 Å². The van der Waals surface area contributed by atoms with Crippen molar-refractivity contribution in [3.8, 4) is 40.7 Å². The van der Waals surface area contributed by atoms with Crippen LogP contribution in [-0.4, -0.2) is 136 Å². The minimum absolute atomic E-state index is 0.0527. The Labute approximate surface area is 757 Å². The molecule has 0 radical (unpaired) electrons. The van der Waals surface area contributed by atoms with E-state index in [1.807, 2.05) is 320 Å². The Bertz CT molecular complexity index is 7820. The van der Waals surface area contributed by atoms with Crippen molar-refractivity contribution >= 4 is 141 Å². The van der Waals surface area contributed by atoms with Crippen LogP contribution < -0.4 is 26.8 Å². The minimum Gasteiger partial charge on any atom is -0.312 e. The molecule has 15 heterocycles. The van der Waals surface area contributed by atoms with Crippen molar-refractivity contribution in [2.45, 2.75) is 33.1 Å². The molecule has 1 amide bonds. The van der Waals surface area contributed by atoms with E-state index in [-0.39, 0.29) is 17.2 Å². The van der Waals surface area contributed by atoms with Crippen molar-refractivity contribution < 1.29 is 4.79 Å². The molecule has 14 aromatic heterocycles. The van der Waals surface area contributed by atoms with E-state index in [2.05, 4.69) is 147 Å². The number of anilines is 4. The lowest BCUT2D eigenvalue weighted by atomic mass is 10.1. The number of allylic oxidation sites excluding steroid dienone is 1. The summed E-state index contributed by atoms with van der Waals surface area (Å²) in [6, 6.07) is 83.2. The van der Waals surface area contributed by atoms with Crippen LogP contribution in [0.2, 0.25) is 0 Å². The van der Waals surface area contributed by atoms with Gasteiger partial charge in [-0.05, 0) is 193 Å². The number of carbonyl (C=O) groups excluding carboxylic acids is 1. The van der Waals surface area contributed by atoms with Crippen LogP contribution in [-0.2, 0) is 53.5 Å². The molecule has 0 bridgehead atoms. The molecule has 1 aliphatic carbocycles. The number of hydrogen-bond acceptors (Lipinski definition) is 23. The normalized spacial score (nSPS) is 12.4. The van der Waals surface area contributed by atoms with Gasteiger partial charge in [-0.15, -0.1) is 0 Å². The van der Waals surface area contributed by atoms with Crippen LogP contribution in [0.25, 0.3) is 107 Å². The summed E-state index contributed by atoms with van der Waals surface area (Å²) in [5.41, 5.74) is 31.3. The highest BCUT2D eigenvalue weighted by molar-refractivity contribution is 9.10. The Morgan fingerprint density at radius 1 is 0.427 bits per heavy atom. The monoisotopic (exact) mass is 1790 g/mol. The first-order valence-corrected chi connectivity index (χ1v) is 42.3. The molecule has 0 unspecified atom stereocenters. The smallest absolute Gasteiger partial charge is 0.274 e. The lowest BCUT2D eigenvalue weighted by Crippen LogP contribution is -2.33. The SMILES string of the molecule is C/C(=N\Nc1nc2ccccc2n1C)c1ccc2c(n1)C=CC2.C/C(=N\Nc1nc2ccccc2n1C)c1ncccc1Br.Cn1c(-n2[nH]c(-c3ccccn3)cc2=O)nc2ccccc21.Cn1c(-n2ccc(-c3ccccn3)n2)nc2ccccc21.Cn1c(N/N=C(\C#N)c2ccccn2)nc2ccccc21.Cn1c(N2N=C(c3ccccn3)CCC2=O)nc2ccccc21. The number of para-hydroxylation sites is 12. The number of imidazole rings is 6. The lowest BCUT2D eigenvalue weighted by molar-refractivity contribution is -0.118. The van der Waals surface area contributed by atoms with Gasteiger partial charge in [0.25, 0.3) is 5.56 Å². The van der Waals surface area contributed by atoms with E-state index in [0.29, 0.717) is 54.0 Å². The number of hydrazone groups is 4. The highest BCUT2D eigenvalue weighted by atomic mass is 79.9. The van der Waals surface area contributed by atoms with Crippen molar-refractivity contribution in [2.75, 3.05) is 21.3 Å². The molecule has 4 N–H and O–H groups in total. The van der Waals surface area contributed by atoms with E-state index >= 15 is 0 Å². The third kappa shape index (κ3) is 18.9. The number of nitrogens with one attached hydrogen (secondary N) is 4. The number of H-pyrrole nitrogens is 1. The standard InChI is InChI=1S/C18H17N5.C17H15N5O.C16H13N5O.C16H13N5.C15H14BrN5.C15H12N6/c1-12(14-11-10-13-6-5-8-15(13)19-14)21-22-18-20-16-7-3-4-9-17(16)23(18)2;1-21-15-8-3-2-7-14(15)19-17(21)22-16(23)10-9-13(20-22)12-6-4-5-11-18-12;1-20-14-8-3-2-7-12(14)18-16(20)21-15(22)10-13(19-21)11-6-4-5-9-17-11;1-20-15-8-3-2-7-14(15)18-16(20)21-11-9-13(19-21)12-6-4-5-10-17-12;1-10(14-11(16)6-5-9-17-14)19-20-15-18-12-7-3-4-8-13(12)21(15)2;1-21-14-8-3-2-7-12(14)18-15(21)20-19-13(10-16)11-6-4-5-9-17-11/h3-5,7-11H,6H2,1-2H3,(H,20,22);2-8,11H,9-10H2,1H3;2-10,19H,1H3;2-11H,1H3;3-9H,1-2H3,(H,18,20);2-9H,1H3,(H,18,20)/b21-12+;;;;19-10+;19-13+. The largest absolute Gasteiger partial charge is 0.312 e. The van der Waals surface area contributed by atoms with Gasteiger partial charge in [0.05, 0.1) is 117 Å². The van der Waals surface area contributed by atoms with Crippen molar-refractivity contribution in [3.63, 3.8) is 0 Å². The van der Waals surface area contributed by atoms with Gasteiger partial charge < -0.3 is 27.4 Å². The third-order valence-corrected chi connectivity index (χ3v) is 22.1. The first-order valence-electron chi connectivity index (χ1n) is 41.5. The topological polar surface area (TPSA) is 369 Å². The van der Waals surface area contributed by atoms with Crippen molar-refractivity contribution in [2.24, 2.45) is 62.7 Å². The van der Waals surface area contributed by atoms with Crippen LogP contribution in [0.1, 0.15) is 60.7 Å². The number of hydrogen-bond donors (Lipinski definition) is 4. The summed E-state index contributed by atoms with van der Waals surface area (Å²) >= 11 is 3.47. The molecule has 0 atom stereocenters. The second-order valence-corrected chi connectivity index (χ2v) is 30.8. The quantitative estimate of drug-likeness (QED) is 0.0547. The number of nitrogens with zero attached hydrogens (tertiary/aromatic N) is 27. The van der Waals surface area contributed by atoms with Gasteiger partial charge in [0, 0.05) is 103 Å². The number of rotatable bonds is 15. The van der Waals surface area contributed by atoms with Crippen molar-refractivity contribution in [1.82, 2.24) is 107 Å². The first kappa shape index (κ1) is 85.7. The Kier molecular flexibility index (Phi) is 25.5. The molecule has 20 aromatic rings. The van der Waals surface area contributed by atoms with Crippen LogP contribution in [0, 0.1) is 11.3 Å². The van der Waals surface area contributed by atoms with E-state index in [1.165, 1.54) is 21.3 Å². The number of fused-ring (bicyclic) bond motifs is 7. The Hall–Kier alpha value is -17.5. The molecule has 34 heteroatoms. The van der Waals surface area contributed by atoms with Gasteiger partial charge in [0.15, 0.2) is 5.71 Å². The van der Waals surface area contributed by atoms with E-state index in [4.69, 9.17) is 0 Å². The van der Waals surface area contributed by atoms with E-state index in [9.17, 15) is 14.9 Å². The Balaban J connectivity index is 0.000000110. The first-order chi connectivity index (χ1) is 64.0. The van der Waals surface area contributed by atoms with Gasteiger partial charge in [-0.2, -0.15) is 40.5 Å². The van der Waals surface area contributed by atoms with Gasteiger partial charge >= 0.3 is 0 Å². The number of halogens is 1. The lowest BCUT2D eigenvalue weighted by Gasteiger charge is -2.22. The molecule has 1 aliphatic heterocycles. The number of amides is 1. The molecular weight excluding hydrogens is 1710 g/mol. The number of aromatic nitrogens is 22. The number of carbonyl (C=O) groups is 1. The minimum atomic E-state index is -0.168. The van der Waals surface area contributed by atoms with E-state index in [0.717, 1.165) is 140 Å². The van der Waals surface area contributed by atoms with E-state index < -0.39 is 0 Å². The molecular formula is C97H84BrN31O2. The average molecular weight is 1800 g/mol. The fourth-order valence-corrected chi connectivity index (χ4v) is 15.1. The maximum Gasteiger partial charge on any atom is 0.274 e. The van der Waals surface area contributed by atoms with E-state index in [1.54, 1.807) is 47.8 Å². The molecule has 22 rings (SSSR count). The second kappa shape index (κ2) is 39.0. The second-order valence-electron chi connectivity index (χ2n) is 29.9. The fraction of sp³-hybridized carbons (Fsp3) is 0.113. The summed E-state index contributed by atoms with van der Waals surface area (Å²) in [5, 5.41) is 35.7. The summed E-state index contributed by atoms with van der Waals surface area (Å²) < 4.78 is 15.8. The predicted molar refractivity (Wildman–Crippen MR) is 516 cm³/mol. The maximum absolute atomic E-state index is 12.3. The zero-order valence-corrected chi connectivity index (χ0v) is 73.8. The Morgan fingerprint density at radius 2 is 0.885 bits per heavy atom. The summed E-state index contributed by atoms with van der Waals surface area (Å²) in [4.78, 5) is 77.8. The molecule has 6 aromatic carbocycles. The van der Waals surface area contributed by atoms with Crippen molar-refractivity contribution in [3.05, 3.63) is 347 Å². The zero-order valence-electron chi connectivity index (χ0n) is 72.3. The third-order valence-electron chi connectivity index (χ3n) is 21.4. The maximum atomic E-state index is 12.3. The number of aromatic amines is 1. The molecule has 0 fully saturated rings. The van der Waals surface area contributed by atoms with Crippen LogP contribution in [0.15, 0.2) is 328 Å². The summed E-state index contributed by atoms with van der Waals surface area (Å²) in [6.07, 6.45) is 16.6. The average Bonchev–Trinajstić information content (AvgIpc) is 1.63. The molecule has 2 aliphatic rings. The van der Waals surface area contributed by atoms with Gasteiger partial charge in [-0.3, -0.25) is 39.6 Å². The summed E-state index contributed by atoms with van der Waals surface area (Å²) in [5.74, 6) is 3.80. The predicted octanol–water partition coefficient (Wildman–Crippen LogP) is 16.7.